The number of nitrogens with zero attached hydrogens (tertiary/aromatic N) is 1. The maximum absolute atomic E-state index is 13.0. The van der Waals surface area contributed by atoms with E-state index in [1.165, 1.54) is 4.90 Å². The highest BCUT2D eigenvalue weighted by Gasteiger charge is 2.20. The Balaban J connectivity index is 1.80. The van der Waals surface area contributed by atoms with Crippen molar-refractivity contribution >= 4 is 28.5 Å². The fourth-order valence-corrected chi connectivity index (χ4v) is 3.05. The number of amides is 2. The molecule has 0 radical (unpaired) electrons. The molecule has 2 amide bonds. The lowest BCUT2D eigenvalue weighted by atomic mass is 10.0. The Morgan fingerprint density at radius 2 is 1.59 bits per heavy atom. The molecule has 3 aromatic carbocycles. The van der Waals surface area contributed by atoms with Gasteiger partial charge in [-0.3, -0.25) is 4.79 Å². The lowest BCUT2D eigenvalue weighted by Crippen LogP contribution is -2.34. The van der Waals surface area contributed by atoms with E-state index in [-0.39, 0.29) is 5.91 Å². The summed E-state index contributed by atoms with van der Waals surface area (Å²) in [6.07, 6.45) is -0.410. The molecule has 0 aliphatic heterocycles. The van der Waals surface area contributed by atoms with Gasteiger partial charge in [0.05, 0.1) is 6.54 Å². The van der Waals surface area contributed by atoms with E-state index in [1.54, 1.807) is 7.05 Å². The summed E-state index contributed by atoms with van der Waals surface area (Å²) < 4.78 is 5.41. The summed E-state index contributed by atoms with van der Waals surface area (Å²) in [6.45, 7) is 5.81. The SMILES string of the molecule is CN(Cc1ccccc1NC(=O)c1cccc2ccccc12)C(=O)OC(C)(C)C. The first-order valence-electron chi connectivity index (χ1n) is 9.56. The molecule has 0 fully saturated rings. The van der Waals surface area contributed by atoms with Crippen molar-refractivity contribution in [1.82, 2.24) is 4.90 Å². The van der Waals surface area contributed by atoms with Crippen molar-refractivity contribution in [2.45, 2.75) is 32.9 Å². The van der Waals surface area contributed by atoms with Gasteiger partial charge in [-0.15, -0.1) is 0 Å². The van der Waals surface area contributed by atoms with Crippen LogP contribution in [0.15, 0.2) is 66.7 Å². The van der Waals surface area contributed by atoms with E-state index in [0.29, 0.717) is 17.8 Å². The van der Waals surface area contributed by atoms with E-state index in [0.717, 1.165) is 16.3 Å². The Kier molecular flexibility index (Phi) is 5.87. The van der Waals surface area contributed by atoms with Crippen LogP contribution in [0.25, 0.3) is 10.8 Å². The average molecular weight is 390 g/mol. The number of carbonyl (C=O) groups excluding carboxylic acids is 2. The number of hydrogen-bond acceptors (Lipinski definition) is 3. The van der Waals surface area contributed by atoms with E-state index >= 15 is 0 Å². The smallest absolute Gasteiger partial charge is 0.410 e. The summed E-state index contributed by atoms with van der Waals surface area (Å²) in [5.41, 5.74) is 1.54. The maximum Gasteiger partial charge on any atom is 0.410 e. The first kappa shape index (κ1) is 20.4. The number of hydrogen-bond donors (Lipinski definition) is 1. The Labute approximate surface area is 171 Å². The van der Waals surface area contributed by atoms with Gasteiger partial charge in [0.2, 0.25) is 0 Å². The third-order valence-electron chi connectivity index (χ3n) is 4.41. The highest BCUT2D eigenvalue weighted by Crippen LogP contribution is 2.22. The molecule has 29 heavy (non-hydrogen) atoms. The molecule has 0 bridgehead atoms. The minimum Gasteiger partial charge on any atom is -0.444 e. The van der Waals surface area contributed by atoms with Gasteiger partial charge in [0.25, 0.3) is 5.91 Å². The summed E-state index contributed by atoms with van der Waals surface area (Å²) in [5.74, 6) is -0.186. The van der Waals surface area contributed by atoms with Gasteiger partial charge in [0, 0.05) is 18.3 Å². The van der Waals surface area contributed by atoms with Gasteiger partial charge in [0.15, 0.2) is 0 Å². The highest BCUT2D eigenvalue weighted by atomic mass is 16.6. The number of fused-ring (bicyclic) bond motifs is 1. The molecule has 3 aromatic rings. The van der Waals surface area contributed by atoms with Crippen LogP contribution >= 0.6 is 0 Å². The van der Waals surface area contributed by atoms with Crippen LogP contribution in [0.3, 0.4) is 0 Å². The van der Waals surface area contributed by atoms with Crippen molar-refractivity contribution in [3.8, 4) is 0 Å². The summed E-state index contributed by atoms with van der Waals surface area (Å²) in [4.78, 5) is 26.7. The van der Waals surface area contributed by atoms with Crippen LogP contribution in [0, 0.1) is 0 Å². The molecule has 0 spiro atoms. The van der Waals surface area contributed by atoms with Gasteiger partial charge in [-0.1, -0.05) is 54.6 Å². The van der Waals surface area contributed by atoms with Crippen molar-refractivity contribution in [3.63, 3.8) is 0 Å². The molecule has 150 valence electrons. The molecule has 0 saturated carbocycles. The molecule has 0 aliphatic carbocycles. The van der Waals surface area contributed by atoms with Crippen molar-refractivity contribution in [2.24, 2.45) is 0 Å². The number of rotatable bonds is 4. The Bertz CT molecular complexity index is 1030. The molecule has 3 rings (SSSR count). The molecule has 0 heterocycles. The second-order valence-electron chi connectivity index (χ2n) is 7.97. The molecule has 0 saturated heterocycles. The van der Waals surface area contributed by atoms with Crippen LogP contribution in [-0.2, 0) is 11.3 Å². The van der Waals surface area contributed by atoms with Gasteiger partial charge >= 0.3 is 6.09 Å². The fourth-order valence-electron chi connectivity index (χ4n) is 3.05. The lowest BCUT2D eigenvalue weighted by Gasteiger charge is -2.25. The van der Waals surface area contributed by atoms with Crippen molar-refractivity contribution < 1.29 is 14.3 Å². The van der Waals surface area contributed by atoms with Crippen LogP contribution in [0.4, 0.5) is 10.5 Å². The number of ether oxygens (including phenoxy) is 1. The molecule has 0 atom stereocenters. The lowest BCUT2D eigenvalue weighted by molar-refractivity contribution is 0.0285. The van der Waals surface area contributed by atoms with Gasteiger partial charge in [-0.25, -0.2) is 4.79 Å². The first-order valence-corrected chi connectivity index (χ1v) is 9.56. The molecule has 0 aromatic heterocycles. The second kappa shape index (κ2) is 8.35. The van der Waals surface area contributed by atoms with Gasteiger partial charge in [-0.05, 0) is 49.2 Å². The molecular weight excluding hydrogens is 364 g/mol. The van der Waals surface area contributed by atoms with Gasteiger partial charge in [0.1, 0.15) is 5.60 Å². The normalized spacial score (nSPS) is 11.2. The van der Waals surface area contributed by atoms with Crippen LogP contribution in [-0.4, -0.2) is 29.5 Å². The minimum absolute atomic E-state index is 0.186. The second-order valence-corrected chi connectivity index (χ2v) is 7.97. The van der Waals surface area contributed by atoms with Crippen molar-refractivity contribution in [2.75, 3.05) is 12.4 Å². The van der Waals surface area contributed by atoms with E-state index < -0.39 is 11.7 Å². The monoisotopic (exact) mass is 390 g/mol. The number of carbonyl (C=O) groups is 2. The third-order valence-corrected chi connectivity index (χ3v) is 4.41. The maximum atomic E-state index is 13.0. The zero-order chi connectivity index (χ0) is 21.0. The number of para-hydroxylation sites is 1. The summed E-state index contributed by atoms with van der Waals surface area (Å²) in [6, 6.07) is 20.9. The van der Waals surface area contributed by atoms with Gasteiger partial charge in [-0.2, -0.15) is 0 Å². The summed E-state index contributed by atoms with van der Waals surface area (Å²) >= 11 is 0. The predicted octanol–water partition coefficient (Wildman–Crippen LogP) is 5.46. The standard InChI is InChI=1S/C24H26N2O3/c1-24(2,3)29-23(28)26(4)16-18-11-6-8-15-21(18)25-22(27)20-14-9-12-17-10-5-7-13-19(17)20/h5-15H,16H2,1-4H3,(H,25,27). The Hall–Kier alpha value is -3.34. The first-order chi connectivity index (χ1) is 13.7. The van der Waals surface area contributed by atoms with E-state index in [4.69, 9.17) is 4.74 Å². The van der Waals surface area contributed by atoms with Crippen LogP contribution in [0.5, 0.6) is 0 Å². The van der Waals surface area contributed by atoms with E-state index in [9.17, 15) is 9.59 Å². The van der Waals surface area contributed by atoms with Gasteiger partial charge < -0.3 is 15.0 Å². The van der Waals surface area contributed by atoms with Crippen LogP contribution in [0.1, 0.15) is 36.7 Å². The topological polar surface area (TPSA) is 58.6 Å². The fraction of sp³-hybridized carbons (Fsp3) is 0.250. The molecule has 0 aliphatic rings. The molecule has 0 unspecified atom stereocenters. The number of benzene rings is 3. The molecule has 1 N–H and O–H groups in total. The van der Waals surface area contributed by atoms with Crippen molar-refractivity contribution in [1.29, 1.82) is 0 Å². The zero-order valence-electron chi connectivity index (χ0n) is 17.2. The predicted molar refractivity (Wildman–Crippen MR) is 116 cm³/mol. The Morgan fingerprint density at radius 1 is 0.931 bits per heavy atom. The summed E-state index contributed by atoms with van der Waals surface area (Å²) in [5, 5.41) is 4.90. The van der Waals surface area contributed by atoms with Crippen LogP contribution in [0.2, 0.25) is 0 Å². The molecule has 5 nitrogen and oxygen atoms in total. The molecule has 5 heteroatoms. The molecular formula is C24H26N2O3. The number of anilines is 1. The largest absolute Gasteiger partial charge is 0.444 e. The third kappa shape index (κ3) is 5.13. The minimum atomic E-state index is -0.562. The zero-order valence-corrected chi connectivity index (χ0v) is 17.2. The highest BCUT2D eigenvalue weighted by molar-refractivity contribution is 6.13. The van der Waals surface area contributed by atoms with E-state index in [1.807, 2.05) is 87.5 Å². The van der Waals surface area contributed by atoms with E-state index in [2.05, 4.69) is 5.32 Å². The van der Waals surface area contributed by atoms with Crippen LogP contribution < -0.4 is 5.32 Å². The number of nitrogens with one attached hydrogen (secondary N) is 1. The average Bonchev–Trinajstić information content (AvgIpc) is 2.67. The Morgan fingerprint density at radius 3 is 2.34 bits per heavy atom. The van der Waals surface area contributed by atoms with Crippen molar-refractivity contribution in [3.05, 3.63) is 77.9 Å². The summed E-state index contributed by atoms with van der Waals surface area (Å²) in [7, 11) is 1.68. The quantitative estimate of drug-likeness (QED) is 0.644.